The van der Waals surface area contributed by atoms with Crippen molar-refractivity contribution in [3.63, 3.8) is 0 Å². The van der Waals surface area contributed by atoms with Crippen LogP contribution in [0, 0.1) is 0 Å². The summed E-state index contributed by atoms with van der Waals surface area (Å²) in [6.07, 6.45) is 17.6. The maximum absolute atomic E-state index is 3.68. The third-order valence-corrected chi connectivity index (χ3v) is 8.96. The summed E-state index contributed by atoms with van der Waals surface area (Å²) < 4.78 is 0. The van der Waals surface area contributed by atoms with Gasteiger partial charge in [0, 0.05) is 5.16 Å². The minimum absolute atomic E-state index is 0.111. The molecule has 0 atom stereocenters. The van der Waals surface area contributed by atoms with E-state index in [1.165, 1.54) is 89.6 Å². The molecule has 21 heavy (non-hydrogen) atoms. The van der Waals surface area contributed by atoms with Crippen molar-refractivity contribution in [1.29, 1.82) is 0 Å². The first-order chi connectivity index (χ1) is 10.2. The molecule has 0 saturated carbocycles. The molecular weight excluding hydrogens is 270 g/mol. The Labute approximate surface area is 136 Å². The highest BCUT2D eigenvalue weighted by atomic mass is 28.3. The van der Waals surface area contributed by atoms with Crippen molar-refractivity contribution in [3.8, 4) is 0 Å². The van der Waals surface area contributed by atoms with Crippen molar-refractivity contribution >= 4 is 8.80 Å². The van der Waals surface area contributed by atoms with Gasteiger partial charge in [-0.05, 0) is 12.6 Å². The molecule has 0 unspecified atom stereocenters. The van der Waals surface area contributed by atoms with Gasteiger partial charge in [0.25, 0.3) is 0 Å². The number of rotatable bonds is 13. The molecular formula is C19H40NSi. The topological polar surface area (TPSA) is 12.0 Å². The van der Waals surface area contributed by atoms with Crippen LogP contribution in [-0.4, -0.2) is 20.5 Å². The molecule has 1 heterocycles. The van der Waals surface area contributed by atoms with Crippen LogP contribution in [0.3, 0.4) is 0 Å². The quantitative estimate of drug-likeness (QED) is 0.320. The Morgan fingerprint density at radius 3 is 1.67 bits per heavy atom. The predicted molar refractivity (Wildman–Crippen MR) is 98.5 cm³/mol. The number of unbranched alkanes of at least 4 members (excludes halogenated alkanes) is 11. The first-order valence-electron chi connectivity index (χ1n) is 9.77. The number of hydrogen-bond acceptors (Lipinski definition) is 1. The Morgan fingerprint density at radius 1 is 0.762 bits per heavy atom. The van der Waals surface area contributed by atoms with E-state index in [9.17, 15) is 0 Å². The van der Waals surface area contributed by atoms with Gasteiger partial charge in [-0.1, -0.05) is 104 Å². The standard InChI is InChI=1S/C19H40NSi/c1-4-5-6-7-8-9-10-11-12-13-14-15-17-21-18-16-20-19(21,2)3/h20H,4-18H2,1-3H3. The SMILES string of the molecule is CCCCCCCCCCCCCC[Si]1CCNC1(C)C. The smallest absolute Gasteiger partial charge is 0.0735 e. The lowest BCUT2D eigenvalue weighted by molar-refractivity contribution is 0.545. The van der Waals surface area contributed by atoms with Crippen molar-refractivity contribution in [3.05, 3.63) is 0 Å². The molecule has 0 aromatic rings. The molecule has 1 rings (SSSR count). The summed E-state index contributed by atoms with van der Waals surface area (Å²) in [5.41, 5.74) is 0. The molecule has 1 nitrogen and oxygen atoms in total. The van der Waals surface area contributed by atoms with Crippen LogP contribution in [0.15, 0.2) is 0 Å². The zero-order valence-corrected chi connectivity index (χ0v) is 16.1. The summed E-state index contributed by atoms with van der Waals surface area (Å²) in [5, 5.41) is 4.19. The molecule has 0 bridgehead atoms. The van der Waals surface area contributed by atoms with Crippen LogP contribution < -0.4 is 5.32 Å². The molecule has 0 aliphatic carbocycles. The molecule has 125 valence electrons. The van der Waals surface area contributed by atoms with E-state index in [4.69, 9.17) is 0 Å². The molecule has 0 amide bonds. The zero-order valence-electron chi connectivity index (χ0n) is 15.1. The molecule has 1 fully saturated rings. The molecule has 1 N–H and O–H groups in total. The van der Waals surface area contributed by atoms with E-state index in [1.54, 1.807) is 6.04 Å². The van der Waals surface area contributed by atoms with E-state index in [1.807, 2.05) is 0 Å². The van der Waals surface area contributed by atoms with Crippen molar-refractivity contribution in [2.45, 2.75) is 115 Å². The van der Waals surface area contributed by atoms with Crippen LogP contribution in [0.5, 0.6) is 0 Å². The first kappa shape index (κ1) is 19.2. The summed E-state index contributed by atoms with van der Waals surface area (Å²) in [5.74, 6) is 0. The Balaban J connectivity index is 1.79. The summed E-state index contributed by atoms with van der Waals surface area (Å²) in [6.45, 7) is 8.43. The van der Waals surface area contributed by atoms with Crippen LogP contribution in [0.25, 0.3) is 0 Å². The highest BCUT2D eigenvalue weighted by Gasteiger charge is 2.34. The maximum atomic E-state index is 3.68. The van der Waals surface area contributed by atoms with Crippen molar-refractivity contribution in [2.24, 2.45) is 0 Å². The minimum atomic E-state index is -0.111. The Kier molecular flexibility index (Phi) is 10.7. The van der Waals surface area contributed by atoms with E-state index >= 15 is 0 Å². The van der Waals surface area contributed by atoms with Crippen LogP contribution >= 0.6 is 0 Å². The van der Waals surface area contributed by atoms with Gasteiger partial charge in [-0.3, -0.25) is 0 Å². The normalized spacial score (nSPS) is 18.4. The fourth-order valence-electron chi connectivity index (χ4n) is 3.58. The monoisotopic (exact) mass is 310 g/mol. The van der Waals surface area contributed by atoms with E-state index in [2.05, 4.69) is 26.1 Å². The maximum Gasteiger partial charge on any atom is 0.0735 e. The summed E-state index contributed by atoms with van der Waals surface area (Å²) in [7, 11) is -0.111. The molecule has 1 radical (unpaired) electrons. The number of nitrogens with one attached hydrogen (secondary N) is 1. The van der Waals surface area contributed by atoms with Crippen molar-refractivity contribution < 1.29 is 0 Å². The lowest BCUT2D eigenvalue weighted by Gasteiger charge is -2.25. The fraction of sp³-hybridized carbons (Fsp3) is 1.00. The molecule has 1 saturated heterocycles. The van der Waals surface area contributed by atoms with Gasteiger partial charge in [-0.25, -0.2) is 0 Å². The molecule has 1 aliphatic rings. The van der Waals surface area contributed by atoms with Gasteiger partial charge in [0.05, 0.1) is 8.80 Å². The van der Waals surface area contributed by atoms with Gasteiger partial charge in [-0.15, -0.1) is 0 Å². The molecule has 0 aromatic heterocycles. The second kappa shape index (κ2) is 11.7. The van der Waals surface area contributed by atoms with Crippen LogP contribution in [0.2, 0.25) is 12.1 Å². The fourth-order valence-corrected chi connectivity index (χ4v) is 6.56. The highest BCUT2D eigenvalue weighted by Crippen LogP contribution is 2.24. The lowest BCUT2D eigenvalue weighted by Crippen LogP contribution is -2.44. The van der Waals surface area contributed by atoms with Crippen molar-refractivity contribution in [2.75, 3.05) is 6.54 Å². The first-order valence-corrected chi connectivity index (χ1v) is 11.7. The molecule has 0 spiro atoms. The van der Waals surface area contributed by atoms with E-state index in [0.717, 1.165) is 0 Å². The average molecular weight is 311 g/mol. The van der Waals surface area contributed by atoms with Gasteiger partial charge in [0.1, 0.15) is 0 Å². The Morgan fingerprint density at radius 2 is 1.24 bits per heavy atom. The largest absolute Gasteiger partial charge is 0.315 e. The third-order valence-electron chi connectivity index (χ3n) is 5.21. The highest BCUT2D eigenvalue weighted by molar-refractivity contribution is 6.63. The second-order valence-electron chi connectivity index (χ2n) is 7.54. The summed E-state index contributed by atoms with van der Waals surface area (Å²) >= 11 is 0. The van der Waals surface area contributed by atoms with Gasteiger partial charge in [-0.2, -0.15) is 0 Å². The Hall–Kier alpha value is 0.177. The summed E-state index contributed by atoms with van der Waals surface area (Å²) in [6, 6.07) is 3.04. The van der Waals surface area contributed by atoms with Crippen LogP contribution in [0.1, 0.15) is 97.8 Å². The third kappa shape index (κ3) is 9.03. The molecule has 2 heteroatoms. The van der Waals surface area contributed by atoms with Gasteiger partial charge in [0.2, 0.25) is 0 Å². The molecule has 1 aliphatic heterocycles. The summed E-state index contributed by atoms with van der Waals surface area (Å²) in [4.78, 5) is 0. The average Bonchev–Trinajstić information content (AvgIpc) is 2.79. The lowest BCUT2D eigenvalue weighted by atomic mass is 10.1. The number of hydrogen-bond donors (Lipinski definition) is 1. The van der Waals surface area contributed by atoms with Gasteiger partial charge < -0.3 is 5.32 Å². The van der Waals surface area contributed by atoms with Crippen LogP contribution in [-0.2, 0) is 0 Å². The Bertz CT molecular complexity index is 240. The zero-order chi connectivity index (χ0) is 15.4. The van der Waals surface area contributed by atoms with Gasteiger partial charge >= 0.3 is 0 Å². The van der Waals surface area contributed by atoms with E-state index in [-0.39, 0.29) is 8.80 Å². The minimum Gasteiger partial charge on any atom is -0.315 e. The van der Waals surface area contributed by atoms with E-state index in [0.29, 0.717) is 5.16 Å². The van der Waals surface area contributed by atoms with Crippen LogP contribution in [0.4, 0.5) is 0 Å². The second-order valence-corrected chi connectivity index (χ2v) is 11.0. The van der Waals surface area contributed by atoms with Gasteiger partial charge in [0.15, 0.2) is 0 Å². The predicted octanol–water partition coefficient (Wildman–Crippen LogP) is 6.10. The van der Waals surface area contributed by atoms with Crippen molar-refractivity contribution in [1.82, 2.24) is 5.32 Å². The molecule has 0 aromatic carbocycles. The van der Waals surface area contributed by atoms with E-state index < -0.39 is 0 Å².